The molecule has 0 saturated carbocycles. The number of ether oxygens (including phenoxy) is 1. The molecule has 0 bridgehead atoms. The van der Waals surface area contributed by atoms with Crippen LogP contribution in [-0.4, -0.2) is 35.7 Å². The van der Waals surface area contributed by atoms with E-state index >= 15 is 0 Å². The Morgan fingerprint density at radius 1 is 1.35 bits per heavy atom. The Bertz CT molecular complexity index is 694. The van der Waals surface area contributed by atoms with Crippen molar-refractivity contribution in [2.45, 2.75) is 31.0 Å². The molecule has 1 atom stereocenters. The Kier molecular flexibility index (Phi) is 7.42. The molecule has 1 N–H and O–H groups in total. The van der Waals surface area contributed by atoms with Gasteiger partial charge in [-0.2, -0.15) is 13.2 Å². The smallest absolute Gasteiger partial charge is 0.416 e. The maximum Gasteiger partial charge on any atom is 0.416 e. The molecular weight excluding hydrogens is 377 g/mol. The number of carbonyl (C=O) groups excluding carboxylic acids is 2. The lowest BCUT2D eigenvalue weighted by Crippen LogP contribution is -2.45. The van der Waals surface area contributed by atoms with E-state index in [1.54, 1.807) is 13.8 Å². The fourth-order valence-corrected chi connectivity index (χ4v) is 2.76. The van der Waals surface area contributed by atoms with Gasteiger partial charge in [0.2, 0.25) is 5.91 Å². The zero-order valence-electron chi connectivity index (χ0n) is 14.1. The fourth-order valence-electron chi connectivity index (χ4n) is 1.94. The van der Waals surface area contributed by atoms with Gasteiger partial charge in [0.25, 0.3) is 5.69 Å². The molecular formula is C15H17F3N2O5S. The van der Waals surface area contributed by atoms with Gasteiger partial charge in [0.1, 0.15) is 6.04 Å². The molecule has 0 saturated heterocycles. The van der Waals surface area contributed by atoms with E-state index in [-0.39, 0.29) is 16.6 Å². The van der Waals surface area contributed by atoms with E-state index in [2.05, 4.69) is 10.1 Å². The Morgan fingerprint density at radius 2 is 1.96 bits per heavy atom. The third kappa shape index (κ3) is 5.90. The van der Waals surface area contributed by atoms with E-state index in [1.807, 2.05) is 0 Å². The molecule has 1 aromatic carbocycles. The molecule has 1 unspecified atom stereocenters. The number of nitro groups is 1. The summed E-state index contributed by atoms with van der Waals surface area (Å²) < 4.78 is 42.6. The molecule has 0 heterocycles. The summed E-state index contributed by atoms with van der Waals surface area (Å²) in [6.07, 6.45) is -4.71. The Morgan fingerprint density at radius 3 is 2.42 bits per heavy atom. The Labute approximate surface area is 151 Å². The van der Waals surface area contributed by atoms with Crippen LogP contribution in [0.1, 0.15) is 19.4 Å². The number of nitrogens with one attached hydrogen (secondary N) is 1. The molecule has 0 aliphatic carbocycles. The summed E-state index contributed by atoms with van der Waals surface area (Å²) in [6.45, 7) is 3.38. The molecule has 26 heavy (non-hydrogen) atoms. The van der Waals surface area contributed by atoms with Gasteiger partial charge in [0.15, 0.2) is 0 Å². The van der Waals surface area contributed by atoms with Crippen molar-refractivity contribution in [3.05, 3.63) is 33.9 Å². The van der Waals surface area contributed by atoms with Crippen molar-refractivity contribution in [2.24, 2.45) is 5.92 Å². The number of halogens is 3. The molecule has 1 aromatic rings. The second-order valence-electron chi connectivity index (χ2n) is 5.54. The van der Waals surface area contributed by atoms with Crippen LogP contribution in [0, 0.1) is 16.0 Å². The number of amides is 1. The molecule has 0 aliphatic heterocycles. The van der Waals surface area contributed by atoms with Crippen LogP contribution in [0.3, 0.4) is 0 Å². The van der Waals surface area contributed by atoms with Gasteiger partial charge < -0.3 is 10.1 Å². The molecule has 7 nitrogen and oxygen atoms in total. The van der Waals surface area contributed by atoms with Gasteiger partial charge in [-0.3, -0.25) is 14.9 Å². The highest BCUT2D eigenvalue weighted by Gasteiger charge is 2.33. The molecule has 0 aliphatic rings. The van der Waals surface area contributed by atoms with E-state index in [0.29, 0.717) is 23.9 Å². The van der Waals surface area contributed by atoms with Crippen LogP contribution in [0.15, 0.2) is 23.1 Å². The molecule has 0 spiro atoms. The highest BCUT2D eigenvalue weighted by atomic mass is 32.2. The number of hydrogen-bond donors (Lipinski definition) is 1. The normalized spacial score (nSPS) is 12.6. The average Bonchev–Trinajstić information content (AvgIpc) is 2.55. The van der Waals surface area contributed by atoms with E-state index in [1.165, 1.54) is 7.11 Å². The van der Waals surface area contributed by atoms with Crippen LogP contribution in [0.4, 0.5) is 18.9 Å². The first-order chi connectivity index (χ1) is 12.0. The van der Waals surface area contributed by atoms with Gasteiger partial charge in [0.05, 0.1) is 28.2 Å². The Balaban J connectivity index is 2.88. The minimum atomic E-state index is -4.71. The summed E-state index contributed by atoms with van der Waals surface area (Å²) in [5.74, 6) is -1.81. The van der Waals surface area contributed by atoms with Crippen LogP contribution in [0.5, 0.6) is 0 Å². The molecule has 0 fully saturated rings. The van der Waals surface area contributed by atoms with E-state index in [4.69, 9.17) is 0 Å². The maximum absolute atomic E-state index is 12.7. The van der Waals surface area contributed by atoms with Crippen LogP contribution < -0.4 is 5.32 Å². The summed E-state index contributed by atoms with van der Waals surface area (Å²) in [4.78, 5) is 33.5. The summed E-state index contributed by atoms with van der Waals surface area (Å²) in [5.41, 5.74) is -1.89. The first kappa shape index (κ1) is 21.7. The first-order valence-corrected chi connectivity index (χ1v) is 8.31. The van der Waals surface area contributed by atoms with Gasteiger partial charge in [-0.1, -0.05) is 13.8 Å². The molecule has 0 aromatic heterocycles. The van der Waals surface area contributed by atoms with E-state index < -0.39 is 40.3 Å². The summed E-state index contributed by atoms with van der Waals surface area (Å²) in [7, 11) is 1.17. The number of rotatable bonds is 7. The predicted molar refractivity (Wildman–Crippen MR) is 87.6 cm³/mol. The van der Waals surface area contributed by atoms with Gasteiger partial charge in [-0.15, -0.1) is 11.8 Å². The summed E-state index contributed by atoms with van der Waals surface area (Å²) in [5, 5.41) is 13.4. The number of benzene rings is 1. The minimum Gasteiger partial charge on any atom is -0.467 e. The number of hydrogen-bond acceptors (Lipinski definition) is 6. The van der Waals surface area contributed by atoms with E-state index in [0.717, 1.165) is 6.07 Å². The van der Waals surface area contributed by atoms with Crippen molar-refractivity contribution in [1.29, 1.82) is 0 Å². The van der Waals surface area contributed by atoms with Crippen LogP contribution >= 0.6 is 11.8 Å². The molecule has 0 radical (unpaired) electrons. The maximum atomic E-state index is 12.7. The standard InChI is InChI=1S/C15H17F3N2O5S/c1-8(2)13(14(22)25-3)19-12(21)7-26-11-5-4-9(15(16,17)18)6-10(11)20(23)24/h4-6,8,13H,7H2,1-3H3,(H,19,21). The Hall–Kier alpha value is -2.30. The lowest BCUT2D eigenvalue weighted by Gasteiger charge is -2.19. The first-order valence-electron chi connectivity index (χ1n) is 7.33. The minimum absolute atomic E-state index is 0.0858. The van der Waals surface area contributed by atoms with Gasteiger partial charge in [-0.25, -0.2) is 4.79 Å². The topological polar surface area (TPSA) is 98.5 Å². The highest BCUT2D eigenvalue weighted by molar-refractivity contribution is 8.00. The van der Waals surface area contributed by atoms with Gasteiger partial charge in [-0.05, 0) is 18.1 Å². The zero-order chi connectivity index (χ0) is 20.1. The van der Waals surface area contributed by atoms with Crippen LogP contribution in [-0.2, 0) is 20.5 Å². The van der Waals surface area contributed by atoms with Crippen LogP contribution in [0.25, 0.3) is 0 Å². The number of nitrogens with zero attached hydrogens (tertiary/aromatic N) is 1. The van der Waals surface area contributed by atoms with Gasteiger partial charge >= 0.3 is 12.1 Å². The largest absolute Gasteiger partial charge is 0.467 e. The quantitative estimate of drug-likeness (QED) is 0.330. The average molecular weight is 394 g/mol. The lowest BCUT2D eigenvalue weighted by molar-refractivity contribution is -0.388. The van der Waals surface area contributed by atoms with Crippen molar-refractivity contribution in [1.82, 2.24) is 5.32 Å². The number of nitro benzene ring substituents is 1. The van der Waals surface area contributed by atoms with Crippen molar-refractivity contribution in [2.75, 3.05) is 12.9 Å². The number of thioether (sulfide) groups is 1. The summed E-state index contributed by atoms with van der Waals surface area (Å²) >= 11 is 0.703. The van der Waals surface area contributed by atoms with Crippen molar-refractivity contribution in [3.63, 3.8) is 0 Å². The number of esters is 1. The second kappa shape index (κ2) is 8.88. The zero-order valence-corrected chi connectivity index (χ0v) is 14.9. The molecule has 1 amide bonds. The second-order valence-corrected chi connectivity index (χ2v) is 6.56. The highest BCUT2D eigenvalue weighted by Crippen LogP contribution is 2.36. The van der Waals surface area contributed by atoms with Crippen molar-refractivity contribution >= 4 is 29.3 Å². The monoisotopic (exact) mass is 394 g/mol. The summed E-state index contributed by atoms with van der Waals surface area (Å²) in [6, 6.07) is 1.18. The van der Waals surface area contributed by atoms with E-state index in [9.17, 15) is 32.9 Å². The third-order valence-corrected chi connectivity index (χ3v) is 4.34. The van der Waals surface area contributed by atoms with Gasteiger partial charge in [0, 0.05) is 6.07 Å². The third-order valence-electron chi connectivity index (χ3n) is 3.28. The lowest BCUT2D eigenvalue weighted by atomic mass is 10.1. The predicted octanol–water partition coefficient (Wildman–Crippen LogP) is 3.02. The SMILES string of the molecule is COC(=O)C(NC(=O)CSc1ccc(C(F)(F)F)cc1[N+](=O)[O-])C(C)C. The number of carbonyl (C=O) groups is 2. The number of alkyl halides is 3. The van der Waals surface area contributed by atoms with Crippen molar-refractivity contribution in [3.8, 4) is 0 Å². The van der Waals surface area contributed by atoms with Crippen LogP contribution in [0.2, 0.25) is 0 Å². The molecule has 1 rings (SSSR count). The van der Waals surface area contributed by atoms with Crippen molar-refractivity contribution < 1.29 is 32.4 Å². The molecule has 144 valence electrons. The molecule has 11 heteroatoms. The number of methoxy groups -OCH3 is 1. The fraction of sp³-hybridized carbons (Fsp3) is 0.467.